The van der Waals surface area contributed by atoms with Gasteiger partial charge in [0.2, 0.25) is 0 Å². The Bertz CT molecular complexity index is 132. The van der Waals surface area contributed by atoms with Gasteiger partial charge in [0, 0.05) is 0 Å². The normalized spacial score (nSPS) is 9.83. The van der Waals surface area contributed by atoms with Gasteiger partial charge < -0.3 is 0 Å². The van der Waals surface area contributed by atoms with Crippen LogP contribution in [0.4, 0.5) is 0 Å². The monoisotopic (exact) mass is 294 g/mol. The zero-order chi connectivity index (χ0) is 9.40. The second-order valence-electron chi connectivity index (χ2n) is 2.95. The summed E-state index contributed by atoms with van der Waals surface area (Å²) in [6.45, 7) is 7.59. The van der Waals surface area contributed by atoms with Crippen molar-refractivity contribution in [3.8, 4) is 0 Å². The molecule has 0 aromatic rings. The van der Waals surface area contributed by atoms with E-state index in [0.717, 1.165) is 21.8 Å². The first-order valence-corrected chi connectivity index (χ1v) is 5.88. The molecule has 0 N–H and O–H groups in total. The average Bonchev–Trinajstić information content (AvgIpc) is 1.95. The van der Waals surface area contributed by atoms with Crippen molar-refractivity contribution in [2.75, 3.05) is 0 Å². The molecule has 0 aromatic heterocycles. The Kier molecular flexibility index (Phi) is 8.35. The molecule has 0 aliphatic heterocycles. The Balaban J connectivity index is 3.01. The minimum absolute atomic E-state index is 1.11. The zero-order valence-electron chi connectivity index (χ0n) is 7.41. The summed E-state index contributed by atoms with van der Waals surface area (Å²) in [6, 6.07) is 0. The molecule has 0 nitrogen and oxygen atoms in total. The van der Waals surface area contributed by atoms with Gasteiger partial charge in [0.1, 0.15) is 0 Å². The molecule has 0 rings (SSSR count). The third-order valence-electron chi connectivity index (χ3n) is 1.65. The van der Waals surface area contributed by atoms with E-state index in [-0.39, 0.29) is 0 Å². The molecule has 12 heavy (non-hydrogen) atoms. The molecule has 0 fully saturated rings. The average molecular weight is 296 g/mol. The van der Waals surface area contributed by atoms with Crippen molar-refractivity contribution in [3.63, 3.8) is 0 Å². The summed E-state index contributed by atoms with van der Waals surface area (Å²) in [5.41, 5.74) is 0. The fraction of sp³-hybridized carbons (Fsp3) is 0.600. The number of unbranched alkanes of at least 4 members (excludes halogenated alkanes) is 3. The lowest BCUT2D eigenvalue weighted by atomic mass is 10.1. The van der Waals surface area contributed by atoms with Crippen molar-refractivity contribution in [2.24, 2.45) is 0 Å². The second-order valence-corrected chi connectivity index (χ2v) is 5.19. The molecular formula is C10H16Br2. The molecule has 70 valence electrons. The summed E-state index contributed by atoms with van der Waals surface area (Å²) >= 11 is 6.70. The standard InChI is InChI=1S/C10H16Br2/c1-9(11)7-5-3-4-6-8-10(2)12/h1-8H2. The number of rotatable bonds is 7. The van der Waals surface area contributed by atoms with Crippen molar-refractivity contribution in [1.82, 2.24) is 0 Å². The van der Waals surface area contributed by atoms with Gasteiger partial charge in [-0.15, -0.1) is 0 Å². The molecule has 0 atom stereocenters. The smallest absolute Gasteiger partial charge is 0.0121 e. The molecule has 0 aromatic carbocycles. The van der Waals surface area contributed by atoms with Gasteiger partial charge in [0.15, 0.2) is 0 Å². The molecule has 0 aliphatic carbocycles. The van der Waals surface area contributed by atoms with Gasteiger partial charge in [-0.3, -0.25) is 0 Å². The molecule has 0 aliphatic rings. The maximum absolute atomic E-state index is 3.80. The first-order chi connectivity index (χ1) is 5.63. The van der Waals surface area contributed by atoms with E-state index >= 15 is 0 Å². The van der Waals surface area contributed by atoms with Crippen molar-refractivity contribution >= 4 is 31.9 Å². The van der Waals surface area contributed by atoms with Gasteiger partial charge in [0.25, 0.3) is 0 Å². The Labute approximate surface area is 92.4 Å². The van der Waals surface area contributed by atoms with Gasteiger partial charge >= 0.3 is 0 Å². The summed E-state index contributed by atoms with van der Waals surface area (Å²) in [7, 11) is 0. The van der Waals surface area contributed by atoms with E-state index in [0.29, 0.717) is 0 Å². The Morgan fingerprint density at radius 3 is 1.33 bits per heavy atom. The maximum Gasteiger partial charge on any atom is -0.0121 e. The van der Waals surface area contributed by atoms with E-state index in [1.165, 1.54) is 25.7 Å². The second kappa shape index (κ2) is 8.06. The lowest BCUT2D eigenvalue weighted by Crippen LogP contribution is -1.79. The van der Waals surface area contributed by atoms with Crippen LogP contribution in [0.2, 0.25) is 0 Å². The fourth-order valence-corrected chi connectivity index (χ4v) is 1.55. The van der Waals surface area contributed by atoms with Gasteiger partial charge in [-0.25, -0.2) is 0 Å². The summed E-state index contributed by atoms with van der Waals surface area (Å²) < 4.78 is 2.24. The molecular weight excluding hydrogens is 280 g/mol. The first-order valence-electron chi connectivity index (χ1n) is 4.29. The maximum atomic E-state index is 3.80. The third kappa shape index (κ3) is 10.4. The number of hydrogen-bond acceptors (Lipinski definition) is 0. The van der Waals surface area contributed by atoms with E-state index < -0.39 is 0 Å². The number of hydrogen-bond donors (Lipinski definition) is 0. The minimum atomic E-state index is 1.11. The van der Waals surface area contributed by atoms with Crippen molar-refractivity contribution in [3.05, 3.63) is 22.1 Å². The van der Waals surface area contributed by atoms with Crippen molar-refractivity contribution < 1.29 is 0 Å². The van der Waals surface area contributed by atoms with E-state index in [1.54, 1.807) is 0 Å². The highest BCUT2D eigenvalue weighted by Crippen LogP contribution is 2.16. The Morgan fingerprint density at radius 1 is 0.750 bits per heavy atom. The van der Waals surface area contributed by atoms with Crippen LogP contribution in [-0.2, 0) is 0 Å². The van der Waals surface area contributed by atoms with Crippen LogP contribution in [0.1, 0.15) is 38.5 Å². The predicted molar refractivity (Wildman–Crippen MR) is 63.8 cm³/mol. The number of allylic oxidation sites excluding steroid dienone is 2. The molecule has 0 radical (unpaired) electrons. The lowest BCUT2D eigenvalue weighted by molar-refractivity contribution is 0.650. The van der Waals surface area contributed by atoms with Gasteiger partial charge in [0.05, 0.1) is 0 Å². The summed E-state index contributed by atoms with van der Waals surface area (Å²) in [5, 5.41) is 0. The van der Waals surface area contributed by atoms with E-state index in [9.17, 15) is 0 Å². The topological polar surface area (TPSA) is 0 Å². The Morgan fingerprint density at radius 2 is 1.08 bits per heavy atom. The van der Waals surface area contributed by atoms with Crippen LogP contribution in [0, 0.1) is 0 Å². The van der Waals surface area contributed by atoms with Crippen molar-refractivity contribution in [1.29, 1.82) is 0 Å². The van der Waals surface area contributed by atoms with Crippen LogP contribution < -0.4 is 0 Å². The molecule has 0 amide bonds. The molecule has 0 bridgehead atoms. The van der Waals surface area contributed by atoms with Gasteiger partial charge in [-0.2, -0.15) is 0 Å². The summed E-state index contributed by atoms with van der Waals surface area (Å²) in [4.78, 5) is 0. The van der Waals surface area contributed by atoms with E-state index in [4.69, 9.17) is 0 Å². The van der Waals surface area contributed by atoms with Crippen LogP contribution in [-0.4, -0.2) is 0 Å². The highest BCUT2D eigenvalue weighted by molar-refractivity contribution is 9.12. The molecule has 0 spiro atoms. The molecule has 0 saturated carbocycles. The lowest BCUT2D eigenvalue weighted by Gasteiger charge is -1.99. The predicted octanol–water partition coefficient (Wildman–Crippen LogP) is 5.14. The van der Waals surface area contributed by atoms with E-state index in [2.05, 4.69) is 45.0 Å². The highest BCUT2D eigenvalue weighted by atomic mass is 79.9. The van der Waals surface area contributed by atoms with Gasteiger partial charge in [-0.1, -0.05) is 57.9 Å². The molecule has 0 saturated heterocycles. The van der Waals surface area contributed by atoms with E-state index in [1.807, 2.05) is 0 Å². The van der Waals surface area contributed by atoms with Crippen LogP contribution in [0.3, 0.4) is 0 Å². The van der Waals surface area contributed by atoms with Crippen LogP contribution in [0.15, 0.2) is 22.1 Å². The highest BCUT2D eigenvalue weighted by Gasteiger charge is 1.92. The van der Waals surface area contributed by atoms with Crippen molar-refractivity contribution in [2.45, 2.75) is 38.5 Å². The van der Waals surface area contributed by atoms with Gasteiger partial charge in [-0.05, 0) is 34.6 Å². The zero-order valence-corrected chi connectivity index (χ0v) is 10.6. The fourth-order valence-electron chi connectivity index (χ4n) is 0.987. The SMILES string of the molecule is C=C(Br)CCCCCCC(=C)Br. The van der Waals surface area contributed by atoms with Crippen LogP contribution >= 0.6 is 31.9 Å². The number of halogens is 2. The Hall–Kier alpha value is 0.440. The molecule has 0 unspecified atom stereocenters. The molecule has 2 heteroatoms. The van der Waals surface area contributed by atoms with Crippen LogP contribution in [0.25, 0.3) is 0 Å². The largest absolute Gasteiger partial charge is 0.0889 e. The van der Waals surface area contributed by atoms with Crippen LogP contribution in [0.5, 0.6) is 0 Å². The minimum Gasteiger partial charge on any atom is -0.0889 e. The third-order valence-corrected chi connectivity index (χ3v) is 2.44. The first kappa shape index (κ1) is 12.4. The molecule has 0 heterocycles. The summed E-state index contributed by atoms with van der Waals surface area (Å²) in [6.07, 6.45) is 7.30. The quantitative estimate of drug-likeness (QED) is 0.570. The summed E-state index contributed by atoms with van der Waals surface area (Å²) in [5.74, 6) is 0.